The van der Waals surface area contributed by atoms with E-state index in [9.17, 15) is 4.79 Å². The minimum atomic E-state index is 0.0000926. The molecule has 1 aliphatic rings. The first-order valence-corrected chi connectivity index (χ1v) is 6.73. The Morgan fingerprint density at radius 3 is 2.65 bits per heavy atom. The van der Waals surface area contributed by atoms with E-state index < -0.39 is 0 Å². The lowest BCUT2D eigenvalue weighted by molar-refractivity contribution is 0.164. The minimum absolute atomic E-state index is 0.0000926. The zero-order valence-corrected chi connectivity index (χ0v) is 12.0. The van der Waals surface area contributed by atoms with Crippen LogP contribution in [0.25, 0.3) is 0 Å². The highest BCUT2D eigenvalue weighted by Gasteiger charge is 2.18. The van der Waals surface area contributed by atoms with Gasteiger partial charge in [0.25, 0.3) is 0 Å². The molecule has 0 unspecified atom stereocenters. The summed E-state index contributed by atoms with van der Waals surface area (Å²) in [6.07, 6.45) is 0. The molecular weight excluding hydrogens is 329 g/mol. The molecule has 0 radical (unpaired) electrons. The van der Waals surface area contributed by atoms with Crippen molar-refractivity contribution in [3.8, 4) is 0 Å². The Labute approximate surface area is 115 Å². The van der Waals surface area contributed by atoms with Crippen LogP contribution in [0.1, 0.15) is 0 Å². The highest BCUT2D eigenvalue weighted by atomic mass is 127. The molecule has 1 aromatic rings. The normalized spacial score (nSPS) is 16.9. The maximum atomic E-state index is 12.0. The minimum Gasteiger partial charge on any atom is -0.322 e. The maximum absolute atomic E-state index is 12.0. The first-order chi connectivity index (χ1) is 8.15. The summed E-state index contributed by atoms with van der Waals surface area (Å²) in [6, 6.07) is 7.83. The lowest BCUT2D eigenvalue weighted by Crippen LogP contribution is -2.48. The summed E-state index contributed by atoms with van der Waals surface area (Å²) in [7, 11) is 2.08. The number of nitrogens with one attached hydrogen (secondary N) is 1. The van der Waals surface area contributed by atoms with Crippen LogP contribution in [0.15, 0.2) is 24.3 Å². The molecule has 0 spiro atoms. The number of rotatable bonds is 1. The Hall–Kier alpha value is -0.820. The third-order valence-electron chi connectivity index (χ3n) is 2.87. The van der Waals surface area contributed by atoms with E-state index in [1.165, 1.54) is 0 Å². The molecule has 1 N–H and O–H groups in total. The number of piperazine rings is 1. The first kappa shape index (κ1) is 12.6. The molecule has 17 heavy (non-hydrogen) atoms. The van der Waals surface area contributed by atoms with E-state index >= 15 is 0 Å². The van der Waals surface area contributed by atoms with Gasteiger partial charge in [-0.3, -0.25) is 0 Å². The van der Waals surface area contributed by atoms with Crippen molar-refractivity contribution in [1.82, 2.24) is 9.80 Å². The van der Waals surface area contributed by atoms with Crippen LogP contribution in [-0.2, 0) is 0 Å². The van der Waals surface area contributed by atoms with E-state index in [-0.39, 0.29) is 6.03 Å². The standard InChI is InChI=1S/C12H16IN3O/c1-15-5-7-16(8-6-15)12(17)14-11-4-2-3-10(13)9-11/h2-4,9H,5-8H2,1H3,(H,14,17). The number of carbonyl (C=O) groups excluding carboxylic acids is 1. The average molecular weight is 345 g/mol. The van der Waals surface area contributed by atoms with Crippen molar-refractivity contribution in [3.63, 3.8) is 0 Å². The molecule has 92 valence electrons. The monoisotopic (exact) mass is 345 g/mol. The number of hydrogen-bond acceptors (Lipinski definition) is 2. The Kier molecular flexibility index (Phi) is 4.22. The van der Waals surface area contributed by atoms with E-state index in [2.05, 4.69) is 39.9 Å². The molecule has 2 amide bonds. The number of amides is 2. The van der Waals surface area contributed by atoms with Gasteiger partial charge in [-0.15, -0.1) is 0 Å². The fourth-order valence-corrected chi connectivity index (χ4v) is 2.32. The van der Waals surface area contributed by atoms with Gasteiger partial charge in [-0.1, -0.05) is 6.07 Å². The Balaban J connectivity index is 1.93. The van der Waals surface area contributed by atoms with Crippen molar-refractivity contribution >= 4 is 34.3 Å². The van der Waals surface area contributed by atoms with Crippen molar-refractivity contribution in [2.24, 2.45) is 0 Å². The highest BCUT2D eigenvalue weighted by Crippen LogP contribution is 2.13. The largest absolute Gasteiger partial charge is 0.322 e. The topological polar surface area (TPSA) is 35.6 Å². The molecule has 1 fully saturated rings. The number of nitrogens with zero attached hydrogens (tertiary/aromatic N) is 2. The summed E-state index contributed by atoms with van der Waals surface area (Å²) in [4.78, 5) is 16.1. The van der Waals surface area contributed by atoms with Crippen molar-refractivity contribution in [3.05, 3.63) is 27.8 Å². The van der Waals surface area contributed by atoms with Crippen LogP contribution in [0.3, 0.4) is 0 Å². The third kappa shape index (κ3) is 3.57. The molecule has 1 saturated heterocycles. The zero-order chi connectivity index (χ0) is 12.3. The number of anilines is 1. The number of hydrogen-bond donors (Lipinski definition) is 1. The predicted octanol–water partition coefficient (Wildman–Crippen LogP) is 2.07. The molecule has 1 aromatic carbocycles. The number of urea groups is 1. The van der Waals surface area contributed by atoms with Gasteiger partial charge in [-0.25, -0.2) is 4.79 Å². The van der Waals surface area contributed by atoms with Gasteiger partial charge in [-0.2, -0.15) is 0 Å². The molecular formula is C12H16IN3O. The van der Waals surface area contributed by atoms with Gasteiger partial charge in [0.05, 0.1) is 0 Å². The number of likely N-dealkylation sites (N-methyl/N-ethyl adjacent to an activating group) is 1. The second-order valence-corrected chi connectivity index (χ2v) is 5.48. The SMILES string of the molecule is CN1CCN(C(=O)Nc2cccc(I)c2)CC1. The van der Waals surface area contributed by atoms with Crippen LogP contribution in [0.4, 0.5) is 10.5 Å². The third-order valence-corrected chi connectivity index (χ3v) is 3.54. The van der Waals surface area contributed by atoms with Gasteiger partial charge >= 0.3 is 6.03 Å². The van der Waals surface area contributed by atoms with E-state index in [1.54, 1.807) is 0 Å². The van der Waals surface area contributed by atoms with E-state index in [0.29, 0.717) is 0 Å². The van der Waals surface area contributed by atoms with E-state index in [0.717, 1.165) is 35.4 Å². The van der Waals surface area contributed by atoms with Crippen molar-refractivity contribution < 1.29 is 4.79 Å². The van der Waals surface area contributed by atoms with Crippen LogP contribution >= 0.6 is 22.6 Å². The van der Waals surface area contributed by atoms with Crippen molar-refractivity contribution in [1.29, 1.82) is 0 Å². The number of benzene rings is 1. The van der Waals surface area contributed by atoms with Crippen LogP contribution < -0.4 is 5.32 Å². The fourth-order valence-electron chi connectivity index (χ4n) is 1.78. The van der Waals surface area contributed by atoms with Gasteiger partial charge < -0.3 is 15.1 Å². The van der Waals surface area contributed by atoms with Gasteiger partial charge in [-0.05, 0) is 47.8 Å². The average Bonchev–Trinajstić information content (AvgIpc) is 2.29. The lowest BCUT2D eigenvalue weighted by atomic mass is 10.3. The summed E-state index contributed by atoms with van der Waals surface area (Å²) in [5, 5.41) is 2.93. The molecule has 5 heteroatoms. The molecule has 1 heterocycles. The van der Waals surface area contributed by atoms with Crippen LogP contribution in [0.2, 0.25) is 0 Å². The Bertz CT molecular complexity index is 402. The predicted molar refractivity (Wildman–Crippen MR) is 77.2 cm³/mol. The van der Waals surface area contributed by atoms with Gasteiger partial charge in [0.1, 0.15) is 0 Å². The zero-order valence-electron chi connectivity index (χ0n) is 9.82. The molecule has 0 aliphatic carbocycles. The molecule has 4 nitrogen and oxygen atoms in total. The second kappa shape index (κ2) is 5.68. The summed E-state index contributed by atoms with van der Waals surface area (Å²) < 4.78 is 1.12. The van der Waals surface area contributed by atoms with E-state index in [4.69, 9.17) is 0 Å². The van der Waals surface area contributed by atoms with Crippen LogP contribution in [-0.4, -0.2) is 49.1 Å². The Morgan fingerprint density at radius 1 is 1.29 bits per heavy atom. The Morgan fingerprint density at radius 2 is 2.00 bits per heavy atom. The lowest BCUT2D eigenvalue weighted by Gasteiger charge is -2.32. The van der Waals surface area contributed by atoms with Gasteiger partial charge in [0.15, 0.2) is 0 Å². The molecule has 2 rings (SSSR count). The molecule has 0 atom stereocenters. The van der Waals surface area contributed by atoms with Gasteiger partial charge in [0.2, 0.25) is 0 Å². The summed E-state index contributed by atoms with van der Waals surface area (Å²) in [5.74, 6) is 0. The quantitative estimate of drug-likeness (QED) is 0.791. The van der Waals surface area contributed by atoms with Crippen molar-refractivity contribution in [2.75, 3.05) is 38.5 Å². The van der Waals surface area contributed by atoms with Crippen LogP contribution in [0, 0.1) is 3.57 Å². The molecule has 0 saturated carbocycles. The maximum Gasteiger partial charge on any atom is 0.321 e. The summed E-state index contributed by atoms with van der Waals surface area (Å²) >= 11 is 2.24. The molecule has 0 aromatic heterocycles. The summed E-state index contributed by atoms with van der Waals surface area (Å²) in [5.41, 5.74) is 0.862. The molecule has 1 aliphatic heterocycles. The first-order valence-electron chi connectivity index (χ1n) is 5.65. The smallest absolute Gasteiger partial charge is 0.321 e. The van der Waals surface area contributed by atoms with Crippen LogP contribution in [0.5, 0.6) is 0 Å². The summed E-state index contributed by atoms with van der Waals surface area (Å²) in [6.45, 7) is 3.48. The molecule has 0 bridgehead atoms. The fraction of sp³-hybridized carbons (Fsp3) is 0.417. The van der Waals surface area contributed by atoms with Crippen molar-refractivity contribution in [2.45, 2.75) is 0 Å². The number of halogens is 1. The van der Waals surface area contributed by atoms with E-state index in [1.807, 2.05) is 29.2 Å². The highest BCUT2D eigenvalue weighted by molar-refractivity contribution is 14.1. The van der Waals surface area contributed by atoms with Gasteiger partial charge in [0, 0.05) is 35.4 Å². The number of carbonyl (C=O) groups is 1. The second-order valence-electron chi connectivity index (χ2n) is 4.23.